The number of nitrogens with one attached hydrogen (secondary N) is 2. The first-order chi connectivity index (χ1) is 15.6. The number of ether oxygens (including phenoxy) is 1. The SMILES string of the molecule is CN=C(NCc1ccnc(OC2CCC(C)CC2)c1)NC1CCN(C(=O)C2CCCC2)C1.I. The summed E-state index contributed by atoms with van der Waals surface area (Å²) in [5, 5.41) is 6.89. The molecule has 0 bridgehead atoms. The van der Waals surface area contributed by atoms with Crippen molar-refractivity contribution in [2.75, 3.05) is 20.1 Å². The molecule has 2 aliphatic carbocycles. The molecule has 4 rings (SSSR count). The highest BCUT2D eigenvalue weighted by atomic mass is 127. The monoisotopic (exact) mass is 569 g/mol. The first-order valence-electron chi connectivity index (χ1n) is 12.5. The first-order valence-corrected chi connectivity index (χ1v) is 12.5. The topological polar surface area (TPSA) is 78.9 Å². The molecular formula is C25H40IN5O2. The lowest BCUT2D eigenvalue weighted by Gasteiger charge is -2.26. The molecule has 0 aromatic carbocycles. The van der Waals surface area contributed by atoms with Gasteiger partial charge in [0.05, 0.1) is 0 Å². The van der Waals surface area contributed by atoms with Gasteiger partial charge in [-0.25, -0.2) is 4.98 Å². The van der Waals surface area contributed by atoms with E-state index >= 15 is 0 Å². The summed E-state index contributed by atoms with van der Waals surface area (Å²) in [6.45, 7) is 4.58. The van der Waals surface area contributed by atoms with Crippen molar-refractivity contribution in [2.24, 2.45) is 16.8 Å². The molecule has 2 N–H and O–H groups in total. The number of aromatic nitrogens is 1. The van der Waals surface area contributed by atoms with Crippen LogP contribution in [0.3, 0.4) is 0 Å². The normalized spacial score (nSPS) is 26.1. The van der Waals surface area contributed by atoms with Crippen LogP contribution in [0.25, 0.3) is 0 Å². The molecule has 1 aromatic heterocycles. The third-order valence-electron chi connectivity index (χ3n) is 7.28. The zero-order valence-corrected chi connectivity index (χ0v) is 22.4. The van der Waals surface area contributed by atoms with Crippen molar-refractivity contribution >= 4 is 35.8 Å². The summed E-state index contributed by atoms with van der Waals surface area (Å²) in [4.78, 5) is 23.5. The number of guanidine groups is 1. The number of likely N-dealkylation sites (tertiary alicyclic amines) is 1. The van der Waals surface area contributed by atoms with Gasteiger partial charge in [-0.05, 0) is 62.5 Å². The summed E-state index contributed by atoms with van der Waals surface area (Å²) in [5.41, 5.74) is 1.12. The third-order valence-corrected chi connectivity index (χ3v) is 7.28. The molecule has 1 aliphatic heterocycles. The Morgan fingerprint density at radius 1 is 1.18 bits per heavy atom. The van der Waals surface area contributed by atoms with Crippen molar-refractivity contribution < 1.29 is 9.53 Å². The second-order valence-corrected chi connectivity index (χ2v) is 9.82. The van der Waals surface area contributed by atoms with E-state index < -0.39 is 0 Å². The molecule has 2 saturated carbocycles. The molecule has 33 heavy (non-hydrogen) atoms. The first kappa shape index (κ1) is 26.0. The molecule has 3 aliphatic rings. The van der Waals surface area contributed by atoms with E-state index in [1.807, 2.05) is 23.2 Å². The van der Waals surface area contributed by atoms with E-state index in [1.165, 1.54) is 25.7 Å². The number of carbonyl (C=O) groups is 1. The van der Waals surface area contributed by atoms with E-state index in [-0.39, 0.29) is 42.0 Å². The second kappa shape index (κ2) is 12.8. The lowest BCUT2D eigenvalue weighted by Crippen LogP contribution is -2.45. The van der Waals surface area contributed by atoms with Crippen molar-refractivity contribution in [1.82, 2.24) is 20.5 Å². The van der Waals surface area contributed by atoms with Crippen molar-refractivity contribution in [3.63, 3.8) is 0 Å². The molecule has 0 radical (unpaired) electrons. The Bertz CT molecular complexity index is 791. The number of halogens is 1. The summed E-state index contributed by atoms with van der Waals surface area (Å²) in [6, 6.07) is 4.28. The summed E-state index contributed by atoms with van der Waals surface area (Å²) < 4.78 is 6.14. The number of amides is 1. The van der Waals surface area contributed by atoms with E-state index in [4.69, 9.17) is 4.74 Å². The van der Waals surface area contributed by atoms with Gasteiger partial charge in [-0.1, -0.05) is 19.8 Å². The highest BCUT2D eigenvalue weighted by Crippen LogP contribution is 2.28. The van der Waals surface area contributed by atoms with Crippen molar-refractivity contribution in [2.45, 2.75) is 83.4 Å². The van der Waals surface area contributed by atoms with Crippen LogP contribution in [0.5, 0.6) is 5.88 Å². The number of aliphatic imine (C=N–C) groups is 1. The van der Waals surface area contributed by atoms with Gasteiger partial charge in [0.15, 0.2) is 5.96 Å². The number of hydrogen-bond donors (Lipinski definition) is 2. The molecule has 0 spiro atoms. The van der Waals surface area contributed by atoms with Gasteiger partial charge in [0.2, 0.25) is 11.8 Å². The second-order valence-electron chi connectivity index (χ2n) is 9.82. The quantitative estimate of drug-likeness (QED) is 0.306. The summed E-state index contributed by atoms with van der Waals surface area (Å²) in [7, 11) is 1.79. The summed E-state index contributed by atoms with van der Waals surface area (Å²) >= 11 is 0. The van der Waals surface area contributed by atoms with Crippen LogP contribution in [0.15, 0.2) is 23.3 Å². The van der Waals surface area contributed by atoms with Gasteiger partial charge in [-0.2, -0.15) is 0 Å². The predicted octanol–water partition coefficient (Wildman–Crippen LogP) is 4.11. The molecule has 184 valence electrons. The molecule has 1 aromatic rings. The highest BCUT2D eigenvalue weighted by molar-refractivity contribution is 14.0. The number of hydrogen-bond acceptors (Lipinski definition) is 4. The molecular weight excluding hydrogens is 529 g/mol. The Balaban J connectivity index is 0.00000306. The van der Waals surface area contributed by atoms with Crippen LogP contribution in [0, 0.1) is 11.8 Å². The Morgan fingerprint density at radius 2 is 1.94 bits per heavy atom. The standard InChI is InChI=1S/C25H39N5O2.HI/c1-18-7-9-22(10-8-18)32-23-15-19(11-13-27-23)16-28-25(26-2)29-21-12-14-30(17-21)24(31)20-5-3-4-6-20;/h11,13,15,18,20-22H,3-10,12,14,16-17H2,1-2H3,(H2,26,28,29);1H. The Labute approximate surface area is 215 Å². The number of pyridine rings is 1. The lowest BCUT2D eigenvalue weighted by atomic mass is 9.89. The van der Waals surface area contributed by atoms with Crippen LogP contribution >= 0.6 is 24.0 Å². The Hall–Kier alpha value is -1.58. The largest absolute Gasteiger partial charge is 0.474 e. The minimum absolute atomic E-state index is 0. The maximum absolute atomic E-state index is 12.7. The molecule has 2 heterocycles. The van der Waals surface area contributed by atoms with Gasteiger partial charge in [-0.15, -0.1) is 24.0 Å². The molecule has 1 unspecified atom stereocenters. The minimum Gasteiger partial charge on any atom is -0.474 e. The molecule has 3 fully saturated rings. The zero-order chi connectivity index (χ0) is 22.3. The number of rotatable bonds is 6. The van der Waals surface area contributed by atoms with Crippen LogP contribution in [0.4, 0.5) is 0 Å². The van der Waals surface area contributed by atoms with E-state index in [1.54, 1.807) is 7.05 Å². The van der Waals surface area contributed by atoms with Crippen LogP contribution in [-0.4, -0.2) is 54.0 Å². The van der Waals surface area contributed by atoms with Crippen LogP contribution in [0.1, 0.15) is 70.3 Å². The molecule has 7 nitrogen and oxygen atoms in total. The zero-order valence-electron chi connectivity index (χ0n) is 20.1. The Morgan fingerprint density at radius 3 is 2.67 bits per heavy atom. The van der Waals surface area contributed by atoms with E-state index in [2.05, 4.69) is 27.5 Å². The number of carbonyl (C=O) groups excluding carboxylic acids is 1. The summed E-state index contributed by atoms with van der Waals surface area (Å²) in [5.74, 6) is 2.90. The molecule has 1 saturated heterocycles. The molecule has 1 amide bonds. The minimum atomic E-state index is 0. The molecule has 8 heteroatoms. The van der Waals surface area contributed by atoms with Gasteiger partial charge in [0, 0.05) is 50.9 Å². The fourth-order valence-electron chi connectivity index (χ4n) is 5.23. The average Bonchev–Trinajstić information content (AvgIpc) is 3.51. The van der Waals surface area contributed by atoms with Gasteiger partial charge >= 0.3 is 0 Å². The number of nitrogens with zero attached hydrogens (tertiary/aromatic N) is 3. The van der Waals surface area contributed by atoms with Gasteiger partial charge in [-0.3, -0.25) is 9.79 Å². The average molecular weight is 570 g/mol. The highest BCUT2D eigenvalue weighted by Gasteiger charge is 2.32. The fourth-order valence-corrected chi connectivity index (χ4v) is 5.23. The fraction of sp³-hybridized carbons (Fsp3) is 0.720. The van der Waals surface area contributed by atoms with Crippen LogP contribution < -0.4 is 15.4 Å². The van der Waals surface area contributed by atoms with E-state index in [0.717, 1.165) is 62.6 Å². The maximum Gasteiger partial charge on any atom is 0.225 e. The van der Waals surface area contributed by atoms with Crippen LogP contribution in [-0.2, 0) is 11.3 Å². The predicted molar refractivity (Wildman–Crippen MR) is 142 cm³/mol. The van der Waals surface area contributed by atoms with Crippen molar-refractivity contribution in [3.05, 3.63) is 23.9 Å². The van der Waals surface area contributed by atoms with Crippen LogP contribution in [0.2, 0.25) is 0 Å². The van der Waals surface area contributed by atoms with Gasteiger partial charge in [0.1, 0.15) is 6.10 Å². The smallest absolute Gasteiger partial charge is 0.225 e. The summed E-state index contributed by atoms with van der Waals surface area (Å²) in [6.07, 6.45) is 12.3. The van der Waals surface area contributed by atoms with E-state index in [9.17, 15) is 4.79 Å². The lowest BCUT2D eigenvalue weighted by molar-refractivity contribution is -0.134. The Kier molecular flexibility index (Phi) is 10.1. The van der Waals surface area contributed by atoms with Gasteiger partial charge < -0.3 is 20.3 Å². The maximum atomic E-state index is 12.7. The third kappa shape index (κ3) is 7.45. The molecule has 1 atom stereocenters. The van der Waals surface area contributed by atoms with E-state index in [0.29, 0.717) is 18.3 Å². The van der Waals surface area contributed by atoms with Gasteiger partial charge in [0.25, 0.3) is 0 Å². The van der Waals surface area contributed by atoms with Crippen molar-refractivity contribution in [3.8, 4) is 5.88 Å². The van der Waals surface area contributed by atoms with Crippen molar-refractivity contribution in [1.29, 1.82) is 0 Å².